The van der Waals surface area contributed by atoms with E-state index in [1.165, 1.54) is 11.6 Å². The van der Waals surface area contributed by atoms with E-state index in [1.807, 2.05) is 18.2 Å². The summed E-state index contributed by atoms with van der Waals surface area (Å²) in [6.45, 7) is 2.08. The average Bonchev–Trinajstić information content (AvgIpc) is 2.27. The summed E-state index contributed by atoms with van der Waals surface area (Å²) in [7, 11) is 0. The number of rotatable bonds is 2. The molecule has 0 aliphatic rings. The van der Waals surface area contributed by atoms with E-state index in [9.17, 15) is 10.2 Å². The van der Waals surface area contributed by atoms with Gasteiger partial charge in [0.15, 0.2) is 0 Å². The quantitative estimate of drug-likeness (QED) is 0.805. The van der Waals surface area contributed by atoms with Gasteiger partial charge in [-0.1, -0.05) is 31.2 Å². The van der Waals surface area contributed by atoms with Crippen LogP contribution >= 0.6 is 0 Å². The molecule has 0 fully saturated rings. The van der Waals surface area contributed by atoms with Crippen LogP contribution in [-0.2, 0) is 6.42 Å². The fourth-order valence-electron chi connectivity index (χ4n) is 1.86. The summed E-state index contributed by atoms with van der Waals surface area (Å²) in [4.78, 5) is 0. The Bertz CT molecular complexity index is 484. The van der Waals surface area contributed by atoms with Gasteiger partial charge in [-0.25, -0.2) is 0 Å². The largest absolute Gasteiger partial charge is 0.508 e. The predicted octanol–water partition coefficient (Wildman–Crippen LogP) is 3.33. The Morgan fingerprint density at radius 3 is 2.19 bits per heavy atom. The Kier molecular flexibility index (Phi) is 2.82. The highest BCUT2D eigenvalue weighted by molar-refractivity contribution is 5.70. The summed E-state index contributed by atoms with van der Waals surface area (Å²) in [5.41, 5.74) is 3.10. The van der Waals surface area contributed by atoms with Crippen LogP contribution < -0.4 is 0 Å². The Hall–Kier alpha value is -1.96. The van der Waals surface area contributed by atoms with Crippen LogP contribution in [0, 0.1) is 0 Å². The smallest absolute Gasteiger partial charge is 0.119 e. The number of aryl methyl sites for hydroxylation is 1. The van der Waals surface area contributed by atoms with E-state index in [-0.39, 0.29) is 11.5 Å². The number of hydrogen-bond acceptors (Lipinski definition) is 2. The van der Waals surface area contributed by atoms with Gasteiger partial charge in [-0.05, 0) is 35.2 Å². The van der Waals surface area contributed by atoms with Gasteiger partial charge in [-0.15, -0.1) is 0 Å². The van der Waals surface area contributed by atoms with Crippen LogP contribution in [0.25, 0.3) is 11.1 Å². The van der Waals surface area contributed by atoms with Crippen LogP contribution in [0.4, 0.5) is 0 Å². The lowest BCUT2D eigenvalue weighted by Gasteiger charge is -2.08. The fourth-order valence-corrected chi connectivity index (χ4v) is 1.86. The van der Waals surface area contributed by atoms with Crippen LogP contribution in [0.15, 0.2) is 42.5 Å². The van der Waals surface area contributed by atoms with Gasteiger partial charge in [0.25, 0.3) is 0 Å². The van der Waals surface area contributed by atoms with Crippen molar-refractivity contribution in [3.05, 3.63) is 48.0 Å². The predicted molar refractivity (Wildman–Crippen MR) is 64.6 cm³/mol. The zero-order chi connectivity index (χ0) is 11.5. The van der Waals surface area contributed by atoms with E-state index >= 15 is 0 Å². The summed E-state index contributed by atoms with van der Waals surface area (Å²) < 4.78 is 0. The second-order valence-corrected chi connectivity index (χ2v) is 3.75. The molecule has 0 atom stereocenters. The first-order chi connectivity index (χ1) is 7.70. The maximum absolute atomic E-state index is 9.46. The van der Waals surface area contributed by atoms with Gasteiger partial charge < -0.3 is 10.2 Å². The van der Waals surface area contributed by atoms with Gasteiger partial charge >= 0.3 is 0 Å². The maximum atomic E-state index is 9.46. The highest BCUT2D eigenvalue weighted by Crippen LogP contribution is 2.30. The molecular formula is C14H14O2. The summed E-state index contributed by atoms with van der Waals surface area (Å²) in [6.07, 6.45) is 0.923. The molecule has 0 aromatic heterocycles. The number of phenols is 2. The van der Waals surface area contributed by atoms with Gasteiger partial charge in [0.2, 0.25) is 0 Å². The Labute approximate surface area is 94.8 Å². The molecule has 2 aromatic rings. The molecule has 0 unspecified atom stereocenters. The van der Waals surface area contributed by atoms with E-state index in [0.717, 1.165) is 17.5 Å². The number of aromatic hydroxyl groups is 2. The number of benzene rings is 2. The lowest BCUT2D eigenvalue weighted by molar-refractivity contribution is 0.451. The summed E-state index contributed by atoms with van der Waals surface area (Å²) >= 11 is 0. The monoisotopic (exact) mass is 214 g/mol. The molecule has 2 aromatic carbocycles. The summed E-state index contributed by atoms with van der Waals surface area (Å²) in [5, 5.41) is 18.9. The Morgan fingerprint density at radius 1 is 0.938 bits per heavy atom. The lowest BCUT2D eigenvalue weighted by Crippen LogP contribution is -1.86. The van der Waals surface area contributed by atoms with E-state index < -0.39 is 0 Å². The molecule has 0 bridgehead atoms. The molecule has 2 heteroatoms. The fraction of sp³-hybridized carbons (Fsp3) is 0.143. The second kappa shape index (κ2) is 4.27. The third-order valence-electron chi connectivity index (χ3n) is 2.61. The highest BCUT2D eigenvalue weighted by Gasteiger charge is 2.05. The maximum Gasteiger partial charge on any atom is 0.119 e. The van der Waals surface area contributed by atoms with Crippen molar-refractivity contribution in [1.82, 2.24) is 0 Å². The van der Waals surface area contributed by atoms with Crippen molar-refractivity contribution in [1.29, 1.82) is 0 Å². The molecule has 0 amide bonds. The molecule has 82 valence electrons. The minimum Gasteiger partial charge on any atom is -0.508 e. The minimum absolute atomic E-state index is 0.0842. The molecule has 2 rings (SSSR count). The van der Waals surface area contributed by atoms with Crippen LogP contribution in [0.5, 0.6) is 11.5 Å². The zero-order valence-corrected chi connectivity index (χ0v) is 9.14. The van der Waals surface area contributed by atoms with Crippen LogP contribution in [0.3, 0.4) is 0 Å². The third-order valence-corrected chi connectivity index (χ3v) is 2.61. The van der Waals surface area contributed by atoms with Crippen molar-refractivity contribution in [3.8, 4) is 22.6 Å². The van der Waals surface area contributed by atoms with E-state index in [0.29, 0.717) is 0 Å². The van der Waals surface area contributed by atoms with Gasteiger partial charge in [0, 0.05) is 6.07 Å². The number of phenolic OH excluding ortho intramolecular Hbond substituents is 2. The van der Waals surface area contributed by atoms with Crippen molar-refractivity contribution in [2.45, 2.75) is 13.3 Å². The van der Waals surface area contributed by atoms with Crippen molar-refractivity contribution >= 4 is 0 Å². The molecule has 0 saturated carbocycles. The van der Waals surface area contributed by atoms with Gasteiger partial charge in [-0.2, -0.15) is 0 Å². The highest BCUT2D eigenvalue weighted by atomic mass is 16.3. The molecule has 0 aliphatic carbocycles. The first-order valence-electron chi connectivity index (χ1n) is 5.32. The van der Waals surface area contributed by atoms with Gasteiger partial charge in [0.1, 0.15) is 11.5 Å². The molecular weight excluding hydrogens is 200 g/mol. The number of hydrogen-bond donors (Lipinski definition) is 2. The van der Waals surface area contributed by atoms with Crippen molar-refractivity contribution in [2.24, 2.45) is 0 Å². The molecule has 16 heavy (non-hydrogen) atoms. The molecule has 2 nitrogen and oxygen atoms in total. The topological polar surface area (TPSA) is 40.5 Å². The van der Waals surface area contributed by atoms with Crippen LogP contribution in [-0.4, -0.2) is 10.2 Å². The van der Waals surface area contributed by atoms with E-state index in [2.05, 4.69) is 13.0 Å². The molecule has 0 spiro atoms. The van der Waals surface area contributed by atoms with Crippen LogP contribution in [0.2, 0.25) is 0 Å². The third kappa shape index (κ3) is 2.01. The molecule has 0 aliphatic heterocycles. The normalized spacial score (nSPS) is 10.3. The average molecular weight is 214 g/mol. The Balaban J connectivity index is 2.58. The molecule has 0 heterocycles. The standard InChI is InChI=1S/C14H14O2/c1-2-10-5-3-4-6-14(10)11-7-12(15)9-13(16)8-11/h3-9,15-16H,2H2,1H3. The SMILES string of the molecule is CCc1ccccc1-c1cc(O)cc(O)c1. The summed E-state index contributed by atoms with van der Waals surface area (Å²) in [5.74, 6) is 0.168. The van der Waals surface area contributed by atoms with E-state index in [1.54, 1.807) is 12.1 Å². The minimum atomic E-state index is 0.0842. The van der Waals surface area contributed by atoms with Crippen molar-refractivity contribution in [2.75, 3.05) is 0 Å². The lowest BCUT2D eigenvalue weighted by atomic mass is 9.98. The summed E-state index contributed by atoms with van der Waals surface area (Å²) in [6, 6.07) is 12.6. The first-order valence-corrected chi connectivity index (χ1v) is 5.32. The van der Waals surface area contributed by atoms with E-state index in [4.69, 9.17) is 0 Å². The molecule has 0 radical (unpaired) electrons. The Morgan fingerprint density at radius 2 is 1.56 bits per heavy atom. The van der Waals surface area contributed by atoms with Gasteiger partial charge in [0.05, 0.1) is 0 Å². The second-order valence-electron chi connectivity index (χ2n) is 3.75. The first kappa shape index (κ1) is 10.6. The van der Waals surface area contributed by atoms with Crippen molar-refractivity contribution in [3.63, 3.8) is 0 Å². The molecule has 0 saturated heterocycles. The van der Waals surface area contributed by atoms with Crippen molar-refractivity contribution < 1.29 is 10.2 Å². The zero-order valence-electron chi connectivity index (χ0n) is 9.14. The molecule has 2 N–H and O–H groups in total. The van der Waals surface area contributed by atoms with Crippen LogP contribution in [0.1, 0.15) is 12.5 Å². The van der Waals surface area contributed by atoms with Gasteiger partial charge in [-0.3, -0.25) is 0 Å².